The van der Waals surface area contributed by atoms with Crippen LogP contribution < -0.4 is 15.5 Å². The lowest BCUT2D eigenvalue weighted by Gasteiger charge is -2.13. The molecule has 0 fully saturated rings. The molecule has 6 nitrogen and oxygen atoms in total. The van der Waals surface area contributed by atoms with Gasteiger partial charge in [0.1, 0.15) is 11.8 Å². The van der Waals surface area contributed by atoms with Crippen molar-refractivity contribution in [2.75, 3.05) is 18.5 Å². The van der Waals surface area contributed by atoms with Crippen molar-refractivity contribution in [2.24, 2.45) is 5.10 Å². The Morgan fingerprint density at radius 1 is 1.19 bits per heavy atom. The molecule has 2 aromatic carbocycles. The van der Waals surface area contributed by atoms with Gasteiger partial charge in [-0.2, -0.15) is 10.4 Å². The van der Waals surface area contributed by atoms with Gasteiger partial charge in [-0.15, -0.1) is 0 Å². The van der Waals surface area contributed by atoms with Gasteiger partial charge < -0.3 is 10.1 Å². The fraction of sp³-hybridized carbons (Fsp3) is 0.250. The lowest BCUT2D eigenvalue weighted by molar-refractivity contribution is -0.119. The molecule has 0 aliphatic rings. The van der Waals surface area contributed by atoms with Crippen molar-refractivity contribution in [1.82, 2.24) is 5.43 Å². The van der Waals surface area contributed by atoms with E-state index in [1.54, 1.807) is 30.5 Å². The lowest BCUT2D eigenvalue weighted by atomic mass is 10.1. The van der Waals surface area contributed by atoms with Crippen LogP contribution in [0.5, 0.6) is 5.75 Å². The number of nitriles is 1. The molecular weight excluding hydrogens is 328 g/mol. The fourth-order valence-electron chi connectivity index (χ4n) is 2.61. The number of hydrogen-bond donors (Lipinski definition) is 2. The number of benzene rings is 2. The molecule has 0 aromatic heterocycles. The number of rotatable bonds is 7. The average Bonchev–Trinajstić information content (AvgIpc) is 2.60. The van der Waals surface area contributed by atoms with E-state index in [4.69, 9.17) is 10.00 Å². The number of aryl methyl sites for hydroxylation is 3. The predicted octanol–water partition coefficient (Wildman–Crippen LogP) is 3.08. The molecular formula is C20H22N4O2. The number of ether oxygens (including phenoxy) is 1. The quantitative estimate of drug-likeness (QED) is 0.593. The van der Waals surface area contributed by atoms with Gasteiger partial charge in [-0.1, -0.05) is 17.7 Å². The largest absolute Gasteiger partial charge is 0.479 e. The highest BCUT2D eigenvalue weighted by Gasteiger charge is 2.05. The molecule has 0 radical (unpaired) electrons. The number of hydrazone groups is 1. The van der Waals surface area contributed by atoms with E-state index < -0.39 is 0 Å². The van der Waals surface area contributed by atoms with Crippen LogP contribution in [-0.4, -0.2) is 25.3 Å². The predicted molar refractivity (Wildman–Crippen MR) is 102 cm³/mol. The number of nitrogens with one attached hydrogen (secondary N) is 2. The summed E-state index contributed by atoms with van der Waals surface area (Å²) in [5.41, 5.74) is 7.70. The molecule has 0 saturated carbocycles. The van der Waals surface area contributed by atoms with Crippen molar-refractivity contribution >= 4 is 17.8 Å². The molecule has 2 rings (SSSR count). The lowest BCUT2D eigenvalue weighted by Crippen LogP contribution is -2.26. The smallest absolute Gasteiger partial charge is 0.259 e. The minimum atomic E-state index is -0.227. The first-order valence-corrected chi connectivity index (χ1v) is 8.23. The van der Waals surface area contributed by atoms with Crippen molar-refractivity contribution < 1.29 is 9.53 Å². The molecule has 0 aliphatic heterocycles. The van der Waals surface area contributed by atoms with Gasteiger partial charge in [0.2, 0.25) is 0 Å². The van der Waals surface area contributed by atoms with E-state index in [1.165, 1.54) is 5.56 Å². The first-order chi connectivity index (χ1) is 12.5. The molecule has 0 aliphatic carbocycles. The first-order valence-electron chi connectivity index (χ1n) is 8.23. The highest BCUT2D eigenvalue weighted by molar-refractivity contribution is 5.84. The topological polar surface area (TPSA) is 86.5 Å². The summed E-state index contributed by atoms with van der Waals surface area (Å²) < 4.78 is 5.17. The normalized spacial score (nSPS) is 10.4. The molecule has 0 bridgehead atoms. The molecule has 0 atom stereocenters. The van der Waals surface area contributed by atoms with Crippen LogP contribution in [0.4, 0.5) is 5.69 Å². The Labute approximate surface area is 153 Å². The molecule has 0 heterocycles. The van der Waals surface area contributed by atoms with Crippen LogP contribution in [0.15, 0.2) is 41.5 Å². The molecule has 26 heavy (non-hydrogen) atoms. The summed E-state index contributed by atoms with van der Waals surface area (Å²) in [5, 5.41) is 15.6. The second kappa shape index (κ2) is 9.23. The summed E-state index contributed by atoms with van der Waals surface area (Å²) in [7, 11) is 0. The highest BCUT2D eigenvalue weighted by atomic mass is 16.5. The fourth-order valence-corrected chi connectivity index (χ4v) is 2.61. The Bertz CT molecular complexity index is 813. The van der Waals surface area contributed by atoms with Crippen molar-refractivity contribution in [3.8, 4) is 11.8 Å². The molecule has 0 unspecified atom stereocenters. The Morgan fingerprint density at radius 2 is 1.85 bits per heavy atom. The van der Waals surface area contributed by atoms with Gasteiger partial charge in [0.15, 0.2) is 6.61 Å². The number of carbonyl (C=O) groups excluding carboxylic acids is 1. The maximum atomic E-state index is 11.9. The summed E-state index contributed by atoms with van der Waals surface area (Å²) >= 11 is 0. The van der Waals surface area contributed by atoms with Gasteiger partial charge in [-0.25, -0.2) is 5.43 Å². The molecule has 0 saturated heterocycles. The van der Waals surface area contributed by atoms with E-state index in [9.17, 15) is 4.79 Å². The van der Waals surface area contributed by atoms with E-state index >= 15 is 0 Å². The van der Waals surface area contributed by atoms with Crippen LogP contribution in [0.25, 0.3) is 0 Å². The van der Waals surface area contributed by atoms with E-state index in [1.807, 2.05) is 26.8 Å². The first kappa shape index (κ1) is 19.0. The standard InChI is InChI=1S/C20H22N4O2/c1-14-10-15(2)20(16(3)11-14)22-13-19(25)24-23-12-17-4-6-18(7-5-17)26-9-8-21/h4-7,10-12,22H,9,13H2,1-3H3,(H,24,25)/b23-12-. The van der Waals surface area contributed by atoms with Crippen LogP contribution in [0.2, 0.25) is 0 Å². The van der Waals surface area contributed by atoms with Crippen LogP contribution in [0.1, 0.15) is 22.3 Å². The summed E-state index contributed by atoms with van der Waals surface area (Å²) in [6.07, 6.45) is 1.55. The van der Waals surface area contributed by atoms with E-state index in [-0.39, 0.29) is 19.1 Å². The third-order valence-corrected chi connectivity index (χ3v) is 3.69. The Kier molecular flexibility index (Phi) is 6.75. The SMILES string of the molecule is Cc1cc(C)c(NCC(=O)N/N=C\c2ccc(OCC#N)cc2)c(C)c1. The monoisotopic (exact) mass is 350 g/mol. The van der Waals surface area contributed by atoms with Gasteiger partial charge in [-0.3, -0.25) is 4.79 Å². The van der Waals surface area contributed by atoms with Crippen molar-refractivity contribution in [3.05, 3.63) is 58.7 Å². The number of nitrogens with zero attached hydrogens (tertiary/aromatic N) is 2. The Hall–Kier alpha value is -3.33. The minimum absolute atomic E-state index is 0.0103. The van der Waals surface area contributed by atoms with Gasteiger partial charge in [0.05, 0.1) is 12.8 Å². The maximum absolute atomic E-state index is 11.9. The van der Waals surface area contributed by atoms with Gasteiger partial charge in [0, 0.05) is 5.69 Å². The van der Waals surface area contributed by atoms with Crippen LogP contribution in [-0.2, 0) is 4.79 Å². The third kappa shape index (κ3) is 5.64. The highest BCUT2D eigenvalue weighted by Crippen LogP contribution is 2.21. The van der Waals surface area contributed by atoms with Crippen LogP contribution >= 0.6 is 0 Å². The zero-order chi connectivity index (χ0) is 18.9. The van der Waals surface area contributed by atoms with E-state index in [2.05, 4.69) is 28.0 Å². The third-order valence-electron chi connectivity index (χ3n) is 3.69. The number of anilines is 1. The zero-order valence-corrected chi connectivity index (χ0v) is 15.2. The Morgan fingerprint density at radius 3 is 2.46 bits per heavy atom. The molecule has 6 heteroatoms. The molecule has 0 spiro atoms. The molecule has 1 amide bonds. The second-order valence-electron chi connectivity index (χ2n) is 5.94. The van der Waals surface area contributed by atoms with Crippen molar-refractivity contribution in [1.29, 1.82) is 5.26 Å². The maximum Gasteiger partial charge on any atom is 0.259 e. The zero-order valence-electron chi connectivity index (χ0n) is 15.2. The van der Waals surface area contributed by atoms with Gasteiger partial charge >= 0.3 is 0 Å². The Balaban J connectivity index is 1.83. The number of carbonyl (C=O) groups is 1. The van der Waals surface area contributed by atoms with Gasteiger partial charge in [0.25, 0.3) is 5.91 Å². The summed E-state index contributed by atoms with van der Waals surface area (Å²) in [4.78, 5) is 11.9. The molecule has 2 N–H and O–H groups in total. The van der Waals surface area contributed by atoms with Gasteiger partial charge in [-0.05, 0) is 61.7 Å². The van der Waals surface area contributed by atoms with Crippen LogP contribution in [0, 0.1) is 32.1 Å². The van der Waals surface area contributed by atoms with Crippen molar-refractivity contribution in [3.63, 3.8) is 0 Å². The second-order valence-corrected chi connectivity index (χ2v) is 5.94. The molecule has 134 valence electrons. The van der Waals surface area contributed by atoms with Crippen LogP contribution in [0.3, 0.4) is 0 Å². The number of hydrogen-bond acceptors (Lipinski definition) is 5. The average molecular weight is 350 g/mol. The summed E-state index contributed by atoms with van der Waals surface area (Å²) in [5.74, 6) is 0.385. The van der Waals surface area contributed by atoms with E-state index in [0.717, 1.165) is 22.4 Å². The summed E-state index contributed by atoms with van der Waals surface area (Å²) in [6, 6.07) is 13.1. The van der Waals surface area contributed by atoms with E-state index in [0.29, 0.717) is 5.75 Å². The summed E-state index contributed by atoms with van der Waals surface area (Å²) in [6.45, 7) is 6.23. The number of amides is 1. The molecule has 2 aromatic rings. The minimum Gasteiger partial charge on any atom is -0.479 e. The van der Waals surface area contributed by atoms with Crippen molar-refractivity contribution in [2.45, 2.75) is 20.8 Å².